The molecule has 1 aliphatic carbocycles. The van der Waals surface area contributed by atoms with Crippen LogP contribution in [0.15, 0.2) is 22.7 Å². The van der Waals surface area contributed by atoms with Gasteiger partial charge in [0.1, 0.15) is 5.75 Å². The summed E-state index contributed by atoms with van der Waals surface area (Å²) in [6.45, 7) is 0. The molecule has 3 heteroatoms. The Bertz CT molecular complexity index is 413. The van der Waals surface area contributed by atoms with E-state index >= 15 is 0 Å². The van der Waals surface area contributed by atoms with Gasteiger partial charge in [0.05, 0.1) is 7.11 Å². The zero-order valence-electron chi connectivity index (χ0n) is 12.4. The Hall–Kier alpha value is -0.540. The summed E-state index contributed by atoms with van der Waals surface area (Å²) < 4.78 is 6.53. The van der Waals surface area contributed by atoms with Crippen molar-refractivity contribution in [1.29, 1.82) is 0 Å². The molecular formula is C17H26BrNO. The predicted octanol–water partition coefficient (Wildman–Crippen LogP) is 4.69. The molecule has 20 heavy (non-hydrogen) atoms. The molecule has 1 aromatic rings. The first-order chi connectivity index (χ1) is 9.69. The molecule has 0 saturated heterocycles. The van der Waals surface area contributed by atoms with Crippen LogP contribution in [0.25, 0.3) is 0 Å². The number of hydrogen-bond donors (Lipinski definition) is 1. The van der Waals surface area contributed by atoms with Crippen LogP contribution >= 0.6 is 15.9 Å². The van der Waals surface area contributed by atoms with Gasteiger partial charge in [-0.2, -0.15) is 0 Å². The smallest absolute Gasteiger partial charge is 0.122 e. The Morgan fingerprint density at radius 3 is 2.60 bits per heavy atom. The summed E-state index contributed by atoms with van der Waals surface area (Å²) in [5.74, 6) is 1.77. The fourth-order valence-electron chi connectivity index (χ4n) is 3.30. The Labute approximate surface area is 131 Å². The van der Waals surface area contributed by atoms with Gasteiger partial charge in [-0.25, -0.2) is 0 Å². The Kier molecular flexibility index (Phi) is 6.37. The predicted molar refractivity (Wildman–Crippen MR) is 88.2 cm³/mol. The van der Waals surface area contributed by atoms with Crippen molar-refractivity contribution in [2.24, 2.45) is 11.7 Å². The molecule has 0 spiro atoms. The normalized spacial score (nSPS) is 18.6. The first-order valence-electron chi connectivity index (χ1n) is 7.77. The molecule has 0 bridgehead atoms. The fourth-order valence-corrected chi connectivity index (χ4v) is 3.71. The van der Waals surface area contributed by atoms with Gasteiger partial charge in [-0.05, 0) is 42.5 Å². The van der Waals surface area contributed by atoms with Crippen molar-refractivity contribution in [2.75, 3.05) is 7.11 Å². The molecule has 1 atom stereocenters. The molecule has 1 unspecified atom stereocenters. The van der Waals surface area contributed by atoms with Gasteiger partial charge in [-0.15, -0.1) is 0 Å². The number of benzene rings is 1. The monoisotopic (exact) mass is 339 g/mol. The molecule has 0 radical (unpaired) electrons. The molecule has 112 valence electrons. The molecule has 0 aliphatic heterocycles. The van der Waals surface area contributed by atoms with Crippen LogP contribution in [0.2, 0.25) is 0 Å². The minimum absolute atomic E-state index is 0.237. The van der Waals surface area contributed by atoms with Crippen LogP contribution in [-0.2, 0) is 6.42 Å². The van der Waals surface area contributed by atoms with Crippen molar-refractivity contribution in [1.82, 2.24) is 0 Å². The molecule has 2 N–H and O–H groups in total. The Morgan fingerprint density at radius 2 is 1.95 bits per heavy atom. The number of rotatable bonds is 5. The fraction of sp³-hybridized carbons (Fsp3) is 0.647. The maximum Gasteiger partial charge on any atom is 0.122 e. The van der Waals surface area contributed by atoms with Crippen LogP contribution in [0.4, 0.5) is 0 Å². The molecular weight excluding hydrogens is 314 g/mol. The third kappa shape index (κ3) is 4.78. The lowest BCUT2D eigenvalue weighted by Gasteiger charge is -2.20. The lowest BCUT2D eigenvalue weighted by molar-refractivity contribution is 0.379. The van der Waals surface area contributed by atoms with E-state index in [4.69, 9.17) is 10.5 Å². The topological polar surface area (TPSA) is 35.2 Å². The summed E-state index contributed by atoms with van der Waals surface area (Å²) in [6, 6.07) is 6.39. The van der Waals surface area contributed by atoms with E-state index in [1.54, 1.807) is 7.11 Å². The van der Waals surface area contributed by atoms with Gasteiger partial charge in [0.15, 0.2) is 0 Å². The van der Waals surface area contributed by atoms with Crippen LogP contribution in [0.1, 0.15) is 50.5 Å². The SMILES string of the molecule is COc1ccc(Br)cc1CC(N)CC1CCCCCC1. The average molecular weight is 340 g/mol. The number of methoxy groups -OCH3 is 1. The van der Waals surface area contributed by atoms with E-state index in [9.17, 15) is 0 Å². The van der Waals surface area contributed by atoms with Gasteiger partial charge in [-0.3, -0.25) is 0 Å². The molecule has 1 aliphatic rings. The number of nitrogens with two attached hydrogens (primary N) is 1. The highest BCUT2D eigenvalue weighted by atomic mass is 79.9. The van der Waals surface area contributed by atoms with Gasteiger partial charge in [0.25, 0.3) is 0 Å². The summed E-state index contributed by atoms with van der Waals surface area (Å²) in [5.41, 5.74) is 7.60. The van der Waals surface area contributed by atoms with Crippen LogP contribution in [0, 0.1) is 5.92 Å². The van der Waals surface area contributed by atoms with Crippen molar-refractivity contribution in [3.05, 3.63) is 28.2 Å². The van der Waals surface area contributed by atoms with E-state index in [1.807, 2.05) is 12.1 Å². The molecule has 0 aromatic heterocycles. The summed E-state index contributed by atoms with van der Waals surface area (Å²) >= 11 is 3.53. The van der Waals surface area contributed by atoms with Crippen molar-refractivity contribution in [3.8, 4) is 5.75 Å². The van der Waals surface area contributed by atoms with Crippen molar-refractivity contribution in [2.45, 2.75) is 57.4 Å². The van der Waals surface area contributed by atoms with E-state index in [0.717, 1.165) is 29.0 Å². The van der Waals surface area contributed by atoms with E-state index < -0.39 is 0 Å². The minimum Gasteiger partial charge on any atom is -0.496 e. The van der Waals surface area contributed by atoms with Crippen molar-refractivity contribution in [3.63, 3.8) is 0 Å². The van der Waals surface area contributed by atoms with Crippen molar-refractivity contribution < 1.29 is 4.74 Å². The number of ether oxygens (including phenoxy) is 1. The lowest BCUT2D eigenvalue weighted by atomic mass is 9.90. The third-order valence-electron chi connectivity index (χ3n) is 4.34. The lowest BCUT2D eigenvalue weighted by Crippen LogP contribution is -2.26. The highest BCUT2D eigenvalue weighted by Gasteiger charge is 2.17. The summed E-state index contributed by atoms with van der Waals surface area (Å²) in [6.07, 6.45) is 10.4. The van der Waals surface area contributed by atoms with Gasteiger partial charge < -0.3 is 10.5 Å². The molecule has 0 amide bonds. The Morgan fingerprint density at radius 1 is 1.25 bits per heavy atom. The molecule has 1 fully saturated rings. The van der Waals surface area contributed by atoms with E-state index in [0.29, 0.717) is 0 Å². The standard InChI is InChI=1S/C17H26BrNO/c1-20-17-9-8-15(18)11-14(17)12-16(19)10-13-6-4-2-3-5-7-13/h8-9,11,13,16H,2-7,10,12,19H2,1H3. The zero-order valence-corrected chi connectivity index (χ0v) is 14.0. The average Bonchev–Trinajstić information content (AvgIpc) is 2.67. The second-order valence-electron chi connectivity index (χ2n) is 6.01. The van der Waals surface area contributed by atoms with Crippen LogP contribution < -0.4 is 10.5 Å². The third-order valence-corrected chi connectivity index (χ3v) is 4.83. The summed E-state index contributed by atoms with van der Waals surface area (Å²) in [7, 11) is 1.73. The van der Waals surface area contributed by atoms with Gasteiger partial charge in [0.2, 0.25) is 0 Å². The summed E-state index contributed by atoms with van der Waals surface area (Å²) in [4.78, 5) is 0. The summed E-state index contributed by atoms with van der Waals surface area (Å²) in [5, 5.41) is 0. The number of halogens is 1. The molecule has 0 heterocycles. The van der Waals surface area contributed by atoms with Crippen LogP contribution in [-0.4, -0.2) is 13.2 Å². The second-order valence-corrected chi connectivity index (χ2v) is 6.93. The molecule has 2 rings (SSSR count). The van der Waals surface area contributed by atoms with Gasteiger partial charge in [-0.1, -0.05) is 54.5 Å². The molecule has 2 nitrogen and oxygen atoms in total. The first kappa shape index (κ1) is 15.8. The van der Waals surface area contributed by atoms with E-state index in [2.05, 4.69) is 22.0 Å². The maximum atomic E-state index is 6.39. The van der Waals surface area contributed by atoms with Crippen molar-refractivity contribution >= 4 is 15.9 Å². The van der Waals surface area contributed by atoms with Crippen LogP contribution in [0.5, 0.6) is 5.75 Å². The van der Waals surface area contributed by atoms with E-state index in [-0.39, 0.29) is 6.04 Å². The van der Waals surface area contributed by atoms with Crippen LogP contribution in [0.3, 0.4) is 0 Å². The molecule has 1 aromatic carbocycles. The second kappa shape index (κ2) is 8.04. The van der Waals surface area contributed by atoms with Gasteiger partial charge in [0, 0.05) is 10.5 Å². The highest BCUT2D eigenvalue weighted by Crippen LogP contribution is 2.29. The zero-order chi connectivity index (χ0) is 14.4. The largest absolute Gasteiger partial charge is 0.496 e. The first-order valence-corrected chi connectivity index (χ1v) is 8.56. The highest BCUT2D eigenvalue weighted by molar-refractivity contribution is 9.10. The molecule has 1 saturated carbocycles. The quantitative estimate of drug-likeness (QED) is 0.790. The maximum absolute atomic E-state index is 6.39. The number of hydrogen-bond acceptors (Lipinski definition) is 2. The van der Waals surface area contributed by atoms with Gasteiger partial charge >= 0.3 is 0 Å². The van der Waals surface area contributed by atoms with E-state index in [1.165, 1.54) is 44.1 Å². The minimum atomic E-state index is 0.237. The Balaban J connectivity index is 1.93.